The van der Waals surface area contributed by atoms with Gasteiger partial charge in [0.05, 0.1) is 11.5 Å². The monoisotopic (exact) mass is 258 g/mol. The minimum atomic E-state index is -3.51. The third-order valence-electron chi connectivity index (χ3n) is 2.53. The number of nitrogens with zero attached hydrogens (tertiary/aromatic N) is 1. The van der Waals surface area contributed by atoms with E-state index >= 15 is 0 Å². The van der Waals surface area contributed by atoms with Gasteiger partial charge >= 0.3 is 0 Å². The normalized spacial score (nSPS) is 13.9. The molecule has 0 radical (unpaired) electrons. The third-order valence-corrected chi connectivity index (χ3v) is 4.40. The van der Waals surface area contributed by atoms with Gasteiger partial charge in [0.25, 0.3) is 0 Å². The van der Waals surface area contributed by atoms with E-state index in [0.717, 1.165) is 9.87 Å². The molecule has 0 saturated carbocycles. The fourth-order valence-electron chi connectivity index (χ4n) is 1.38. The van der Waals surface area contributed by atoms with Gasteiger partial charge in [-0.05, 0) is 24.6 Å². The summed E-state index contributed by atoms with van der Waals surface area (Å²) in [6.45, 7) is 1.71. The van der Waals surface area contributed by atoms with Crippen LogP contribution in [0.5, 0.6) is 0 Å². The summed E-state index contributed by atoms with van der Waals surface area (Å²) in [6, 6.07) is 6.33. The summed E-state index contributed by atoms with van der Waals surface area (Å²) in [6.07, 6.45) is 0. The van der Waals surface area contributed by atoms with E-state index in [-0.39, 0.29) is 24.1 Å². The lowest BCUT2D eigenvalue weighted by molar-refractivity contribution is 0.266. The molecular formula is C11H18N2O3S. The maximum Gasteiger partial charge on any atom is 0.242 e. The Morgan fingerprint density at radius 1 is 1.35 bits per heavy atom. The van der Waals surface area contributed by atoms with E-state index in [1.165, 1.54) is 19.2 Å². The molecule has 0 aromatic heterocycles. The molecule has 1 unspecified atom stereocenters. The zero-order chi connectivity index (χ0) is 13.1. The molecule has 3 N–H and O–H groups in total. The first kappa shape index (κ1) is 14.1. The van der Waals surface area contributed by atoms with Crippen LogP contribution in [0.25, 0.3) is 0 Å². The third kappa shape index (κ3) is 3.26. The fourth-order valence-corrected chi connectivity index (χ4v) is 2.55. The smallest absolute Gasteiger partial charge is 0.242 e. The molecule has 0 aliphatic carbocycles. The van der Waals surface area contributed by atoms with Crippen LogP contribution in [0.15, 0.2) is 29.2 Å². The van der Waals surface area contributed by atoms with E-state index in [1.807, 2.05) is 6.92 Å². The minimum Gasteiger partial charge on any atom is -0.395 e. The Morgan fingerprint density at radius 3 is 2.29 bits per heavy atom. The molecule has 96 valence electrons. The van der Waals surface area contributed by atoms with Gasteiger partial charge in [0.1, 0.15) is 0 Å². The molecule has 17 heavy (non-hydrogen) atoms. The zero-order valence-corrected chi connectivity index (χ0v) is 10.8. The van der Waals surface area contributed by atoms with Crippen LogP contribution in [0.4, 0.5) is 0 Å². The highest BCUT2D eigenvalue weighted by Gasteiger charge is 2.19. The van der Waals surface area contributed by atoms with Crippen LogP contribution < -0.4 is 5.73 Å². The van der Waals surface area contributed by atoms with Crippen molar-refractivity contribution in [1.29, 1.82) is 0 Å². The Hall–Kier alpha value is -0.950. The van der Waals surface area contributed by atoms with Crippen molar-refractivity contribution in [3.8, 4) is 0 Å². The topological polar surface area (TPSA) is 83.6 Å². The molecule has 6 heteroatoms. The van der Waals surface area contributed by atoms with Crippen molar-refractivity contribution in [2.75, 3.05) is 20.2 Å². The van der Waals surface area contributed by atoms with E-state index in [1.54, 1.807) is 12.1 Å². The van der Waals surface area contributed by atoms with Gasteiger partial charge in [-0.15, -0.1) is 0 Å². The van der Waals surface area contributed by atoms with E-state index in [0.29, 0.717) is 0 Å². The molecule has 0 aliphatic heterocycles. The molecule has 0 saturated heterocycles. The number of aliphatic hydroxyl groups is 1. The molecule has 1 aromatic carbocycles. The van der Waals surface area contributed by atoms with Crippen LogP contribution in [-0.4, -0.2) is 38.0 Å². The first-order chi connectivity index (χ1) is 7.89. The lowest BCUT2D eigenvalue weighted by atomic mass is 10.1. The fraction of sp³-hybridized carbons (Fsp3) is 0.455. The van der Waals surface area contributed by atoms with Crippen LogP contribution in [0.2, 0.25) is 0 Å². The highest BCUT2D eigenvalue weighted by Crippen LogP contribution is 2.17. The molecule has 1 rings (SSSR count). The maximum atomic E-state index is 12.0. The SMILES string of the molecule is CC(N)c1ccc(S(=O)(=O)N(C)CCO)cc1. The molecule has 0 amide bonds. The van der Waals surface area contributed by atoms with Crippen molar-refractivity contribution in [1.82, 2.24) is 4.31 Å². The van der Waals surface area contributed by atoms with Crippen molar-refractivity contribution >= 4 is 10.0 Å². The maximum absolute atomic E-state index is 12.0. The molecule has 0 aliphatic rings. The molecule has 5 nitrogen and oxygen atoms in total. The molecule has 1 aromatic rings. The van der Waals surface area contributed by atoms with Crippen LogP contribution in [0.1, 0.15) is 18.5 Å². The molecular weight excluding hydrogens is 240 g/mol. The van der Waals surface area contributed by atoms with E-state index in [9.17, 15) is 8.42 Å². The molecule has 0 fully saturated rings. The van der Waals surface area contributed by atoms with E-state index in [2.05, 4.69) is 0 Å². The molecule has 0 heterocycles. The highest BCUT2D eigenvalue weighted by molar-refractivity contribution is 7.89. The summed E-state index contributed by atoms with van der Waals surface area (Å²) < 4.78 is 25.1. The Labute approximate surface area is 102 Å². The van der Waals surface area contributed by atoms with Crippen LogP contribution in [0, 0.1) is 0 Å². The zero-order valence-electron chi connectivity index (χ0n) is 10.00. The van der Waals surface area contributed by atoms with Crippen LogP contribution >= 0.6 is 0 Å². The summed E-state index contributed by atoms with van der Waals surface area (Å²) in [5.74, 6) is 0. The molecule has 0 bridgehead atoms. The average Bonchev–Trinajstić information content (AvgIpc) is 2.29. The lowest BCUT2D eigenvalue weighted by Gasteiger charge is -2.16. The first-order valence-corrected chi connectivity index (χ1v) is 6.76. The number of sulfonamides is 1. The summed E-state index contributed by atoms with van der Waals surface area (Å²) in [7, 11) is -2.08. The Morgan fingerprint density at radius 2 is 1.88 bits per heavy atom. The van der Waals surface area contributed by atoms with Gasteiger partial charge in [0, 0.05) is 19.6 Å². The second-order valence-electron chi connectivity index (χ2n) is 3.91. The van der Waals surface area contributed by atoms with Gasteiger partial charge in [-0.1, -0.05) is 12.1 Å². The summed E-state index contributed by atoms with van der Waals surface area (Å²) in [4.78, 5) is 0.206. The highest BCUT2D eigenvalue weighted by atomic mass is 32.2. The average molecular weight is 258 g/mol. The van der Waals surface area contributed by atoms with Crippen molar-refractivity contribution in [2.45, 2.75) is 17.9 Å². The lowest BCUT2D eigenvalue weighted by Crippen LogP contribution is -2.29. The van der Waals surface area contributed by atoms with Crippen molar-refractivity contribution in [3.05, 3.63) is 29.8 Å². The van der Waals surface area contributed by atoms with Crippen molar-refractivity contribution in [3.63, 3.8) is 0 Å². The van der Waals surface area contributed by atoms with Crippen LogP contribution in [0.3, 0.4) is 0 Å². The Bertz CT molecular complexity index is 454. The van der Waals surface area contributed by atoms with Crippen molar-refractivity contribution in [2.24, 2.45) is 5.73 Å². The largest absolute Gasteiger partial charge is 0.395 e. The molecule has 0 spiro atoms. The Balaban J connectivity index is 3.00. The number of hydrogen-bond donors (Lipinski definition) is 2. The number of rotatable bonds is 5. The predicted octanol–water partition coefficient (Wildman–Crippen LogP) is 0.319. The van der Waals surface area contributed by atoms with Gasteiger partial charge in [0.15, 0.2) is 0 Å². The summed E-state index contributed by atoms with van der Waals surface area (Å²) >= 11 is 0. The number of benzene rings is 1. The number of likely N-dealkylation sites (N-methyl/N-ethyl adjacent to an activating group) is 1. The van der Waals surface area contributed by atoms with Gasteiger partial charge < -0.3 is 10.8 Å². The second-order valence-corrected chi connectivity index (χ2v) is 5.95. The van der Waals surface area contributed by atoms with E-state index in [4.69, 9.17) is 10.8 Å². The van der Waals surface area contributed by atoms with Crippen LogP contribution in [-0.2, 0) is 10.0 Å². The van der Waals surface area contributed by atoms with Gasteiger partial charge in [-0.2, -0.15) is 4.31 Å². The van der Waals surface area contributed by atoms with Gasteiger partial charge in [0.2, 0.25) is 10.0 Å². The Kier molecular flexibility index (Phi) is 4.64. The first-order valence-electron chi connectivity index (χ1n) is 5.32. The van der Waals surface area contributed by atoms with Gasteiger partial charge in [-0.25, -0.2) is 8.42 Å². The van der Waals surface area contributed by atoms with Gasteiger partial charge in [-0.3, -0.25) is 0 Å². The van der Waals surface area contributed by atoms with Crippen molar-refractivity contribution < 1.29 is 13.5 Å². The van der Waals surface area contributed by atoms with E-state index < -0.39 is 10.0 Å². The second kappa shape index (κ2) is 5.59. The summed E-state index contributed by atoms with van der Waals surface area (Å²) in [5, 5.41) is 8.74. The summed E-state index contributed by atoms with van der Waals surface area (Å²) in [5.41, 5.74) is 6.57. The quantitative estimate of drug-likeness (QED) is 0.796. The number of hydrogen-bond acceptors (Lipinski definition) is 4. The minimum absolute atomic E-state index is 0.0807. The number of nitrogens with two attached hydrogens (primary N) is 1. The molecule has 1 atom stereocenters. The number of aliphatic hydroxyl groups excluding tert-OH is 1. The standard InChI is InChI=1S/C11H18N2O3S/c1-9(12)10-3-5-11(6-4-10)17(15,16)13(2)7-8-14/h3-6,9,14H,7-8,12H2,1-2H3. The predicted molar refractivity (Wildman–Crippen MR) is 65.9 cm³/mol.